The van der Waals surface area contributed by atoms with Gasteiger partial charge in [0.15, 0.2) is 0 Å². The minimum atomic E-state index is -4.88. The van der Waals surface area contributed by atoms with Crippen molar-refractivity contribution < 1.29 is 35.5 Å². The van der Waals surface area contributed by atoms with Gasteiger partial charge in [0.2, 0.25) is 15.9 Å². The number of nitrogens with one attached hydrogen (secondary N) is 2. The van der Waals surface area contributed by atoms with Crippen LogP contribution in [-0.2, 0) is 14.8 Å². The van der Waals surface area contributed by atoms with E-state index in [9.17, 15) is 30.8 Å². The van der Waals surface area contributed by atoms with Gasteiger partial charge < -0.3 is 10.1 Å². The van der Waals surface area contributed by atoms with Gasteiger partial charge in [-0.25, -0.2) is 17.5 Å². The van der Waals surface area contributed by atoms with Crippen LogP contribution >= 0.6 is 0 Å². The molecule has 1 amide bonds. The normalized spacial score (nSPS) is 11.9. The summed E-state index contributed by atoms with van der Waals surface area (Å²) in [6.45, 7) is -0.288. The van der Waals surface area contributed by atoms with Crippen molar-refractivity contribution in [2.24, 2.45) is 0 Å². The lowest BCUT2D eigenvalue weighted by Crippen LogP contribution is -2.28. The van der Waals surface area contributed by atoms with Gasteiger partial charge in [0.25, 0.3) is 0 Å². The number of carbonyl (C=O) groups excluding carboxylic acids is 1. The molecule has 0 unspecified atom stereocenters. The number of ether oxygens (including phenoxy) is 1. The summed E-state index contributed by atoms with van der Waals surface area (Å²) in [5.74, 6) is -1.81. The van der Waals surface area contributed by atoms with Crippen LogP contribution < -0.4 is 14.8 Å². The van der Waals surface area contributed by atoms with Crippen molar-refractivity contribution in [3.8, 4) is 5.75 Å². The third-order valence-corrected chi connectivity index (χ3v) is 4.64. The number of hydrogen-bond donors (Lipinski definition) is 2. The number of carbonyl (C=O) groups is 1. The molecule has 6 nitrogen and oxygen atoms in total. The highest BCUT2D eigenvalue weighted by atomic mass is 32.2. The van der Waals surface area contributed by atoms with E-state index in [1.807, 2.05) is 0 Å². The zero-order chi connectivity index (χ0) is 20.1. The molecule has 2 aromatic carbocycles. The van der Waals surface area contributed by atoms with Crippen LogP contribution in [0.25, 0.3) is 0 Å². The summed E-state index contributed by atoms with van der Waals surface area (Å²) in [4.78, 5) is 11.4. The van der Waals surface area contributed by atoms with Gasteiger partial charge in [0.1, 0.15) is 11.6 Å². The molecule has 2 aromatic rings. The fraction of sp³-hybridized carbons (Fsp3) is 0.188. The molecule has 0 heterocycles. The average Bonchev–Trinajstić information content (AvgIpc) is 2.56. The number of rotatable bonds is 7. The van der Waals surface area contributed by atoms with Crippen LogP contribution in [-0.4, -0.2) is 27.2 Å². The molecular formula is C16H14F4N2O4S. The molecule has 0 aliphatic rings. The average molecular weight is 406 g/mol. The van der Waals surface area contributed by atoms with Crippen LogP contribution in [0.15, 0.2) is 53.4 Å². The zero-order valence-electron chi connectivity index (χ0n) is 13.6. The van der Waals surface area contributed by atoms with Crippen molar-refractivity contribution >= 4 is 21.6 Å². The molecule has 2 rings (SSSR count). The minimum Gasteiger partial charge on any atom is -0.406 e. The van der Waals surface area contributed by atoms with E-state index in [0.29, 0.717) is 0 Å². The monoisotopic (exact) mass is 406 g/mol. The van der Waals surface area contributed by atoms with E-state index in [0.717, 1.165) is 30.3 Å². The summed E-state index contributed by atoms with van der Waals surface area (Å²) in [6, 6.07) is 9.05. The molecule has 0 saturated carbocycles. The Bertz CT molecular complexity index is 899. The summed E-state index contributed by atoms with van der Waals surface area (Å²) in [7, 11) is -4.04. The number of alkyl halides is 3. The third-order valence-electron chi connectivity index (χ3n) is 3.16. The molecule has 0 spiro atoms. The fourth-order valence-corrected chi connectivity index (χ4v) is 3.01. The molecule has 2 N–H and O–H groups in total. The number of hydrogen-bond acceptors (Lipinski definition) is 4. The fourth-order valence-electron chi connectivity index (χ4n) is 1.98. The first-order valence-electron chi connectivity index (χ1n) is 7.47. The van der Waals surface area contributed by atoms with Crippen molar-refractivity contribution in [2.45, 2.75) is 17.7 Å². The Hall–Kier alpha value is -2.66. The summed E-state index contributed by atoms with van der Waals surface area (Å²) in [6.07, 6.45) is -5.16. The van der Waals surface area contributed by atoms with Crippen LogP contribution in [0.4, 0.5) is 23.2 Å². The van der Waals surface area contributed by atoms with Gasteiger partial charge >= 0.3 is 6.36 Å². The number of halogens is 4. The molecule has 11 heteroatoms. The number of para-hydroxylation sites is 1. The van der Waals surface area contributed by atoms with Crippen LogP contribution in [0.5, 0.6) is 5.75 Å². The van der Waals surface area contributed by atoms with Gasteiger partial charge in [0, 0.05) is 13.0 Å². The maximum atomic E-state index is 13.4. The molecule has 27 heavy (non-hydrogen) atoms. The van der Waals surface area contributed by atoms with Gasteiger partial charge in [0.05, 0.1) is 10.6 Å². The summed E-state index contributed by atoms with van der Waals surface area (Å²) < 4.78 is 79.6. The second-order valence-corrected chi connectivity index (χ2v) is 6.96. The summed E-state index contributed by atoms with van der Waals surface area (Å²) >= 11 is 0. The van der Waals surface area contributed by atoms with Crippen LogP contribution in [0.3, 0.4) is 0 Å². The third kappa shape index (κ3) is 6.53. The Morgan fingerprint density at radius 2 is 1.67 bits per heavy atom. The smallest absolute Gasteiger partial charge is 0.406 e. The van der Waals surface area contributed by atoms with Crippen LogP contribution in [0, 0.1) is 5.82 Å². The Morgan fingerprint density at radius 1 is 1.04 bits per heavy atom. The highest BCUT2D eigenvalue weighted by Gasteiger charge is 2.31. The highest BCUT2D eigenvalue weighted by Crippen LogP contribution is 2.23. The Labute approximate surface area is 152 Å². The molecule has 0 atom stereocenters. The second-order valence-electron chi connectivity index (χ2n) is 5.20. The van der Waals surface area contributed by atoms with E-state index in [1.165, 1.54) is 18.2 Å². The van der Waals surface area contributed by atoms with E-state index in [4.69, 9.17) is 0 Å². The largest absolute Gasteiger partial charge is 0.573 e. The lowest BCUT2D eigenvalue weighted by Gasteiger charge is -2.10. The number of benzene rings is 2. The van der Waals surface area contributed by atoms with Gasteiger partial charge in [-0.2, -0.15) is 0 Å². The first-order valence-corrected chi connectivity index (χ1v) is 8.95. The maximum Gasteiger partial charge on any atom is 0.573 e. The van der Waals surface area contributed by atoms with E-state index >= 15 is 0 Å². The summed E-state index contributed by atoms with van der Waals surface area (Å²) in [5, 5.41) is 2.29. The lowest BCUT2D eigenvalue weighted by atomic mass is 10.3. The Balaban J connectivity index is 1.89. The first-order chi connectivity index (χ1) is 12.6. The standard InChI is InChI=1S/C16H14F4N2O4S/c17-13-3-1-2-4-14(13)22-15(23)9-10-21-27(24,25)12-7-5-11(6-8-12)26-16(18,19)20/h1-8,21H,9-10H2,(H,22,23). The van der Waals surface area contributed by atoms with Crippen molar-refractivity contribution in [3.05, 3.63) is 54.3 Å². The van der Waals surface area contributed by atoms with Crippen molar-refractivity contribution in [3.63, 3.8) is 0 Å². The first kappa shape index (κ1) is 20.6. The lowest BCUT2D eigenvalue weighted by molar-refractivity contribution is -0.274. The van der Waals surface area contributed by atoms with Crippen molar-refractivity contribution in [1.29, 1.82) is 0 Å². The SMILES string of the molecule is O=C(CCNS(=O)(=O)c1ccc(OC(F)(F)F)cc1)Nc1ccccc1F. The number of amides is 1. The van der Waals surface area contributed by atoms with E-state index in [1.54, 1.807) is 0 Å². The molecule has 0 fully saturated rings. The van der Waals surface area contributed by atoms with Crippen LogP contribution in [0.1, 0.15) is 6.42 Å². The molecule has 146 valence electrons. The number of anilines is 1. The molecule has 0 aromatic heterocycles. The van der Waals surface area contributed by atoms with E-state index in [-0.39, 0.29) is 23.5 Å². The van der Waals surface area contributed by atoms with E-state index in [2.05, 4.69) is 14.8 Å². The zero-order valence-corrected chi connectivity index (χ0v) is 14.4. The van der Waals surface area contributed by atoms with Gasteiger partial charge in [-0.1, -0.05) is 12.1 Å². The highest BCUT2D eigenvalue weighted by molar-refractivity contribution is 7.89. The molecule has 0 saturated heterocycles. The molecule has 0 bridgehead atoms. The predicted molar refractivity (Wildman–Crippen MR) is 88.0 cm³/mol. The van der Waals surface area contributed by atoms with E-state index < -0.39 is 33.9 Å². The summed E-state index contributed by atoms with van der Waals surface area (Å²) in [5.41, 5.74) is -0.0365. The van der Waals surface area contributed by atoms with Gasteiger partial charge in [-0.3, -0.25) is 4.79 Å². The minimum absolute atomic E-state index is 0.0365. The second kappa shape index (κ2) is 8.35. The quantitative estimate of drug-likeness (QED) is 0.693. The molecule has 0 radical (unpaired) electrons. The van der Waals surface area contributed by atoms with Gasteiger partial charge in [-0.05, 0) is 36.4 Å². The van der Waals surface area contributed by atoms with Crippen molar-refractivity contribution in [1.82, 2.24) is 4.72 Å². The molecular weight excluding hydrogens is 392 g/mol. The van der Waals surface area contributed by atoms with Crippen LogP contribution in [0.2, 0.25) is 0 Å². The Kier molecular flexibility index (Phi) is 6.39. The van der Waals surface area contributed by atoms with Crippen molar-refractivity contribution in [2.75, 3.05) is 11.9 Å². The predicted octanol–water partition coefficient (Wildman–Crippen LogP) is 3.03. The molecule has 0 aliphatic carbocycles. The molecule has 0 aliphatic heterocycles. The van der Waals surface area contributed by atoms with Gasteiger partial charge in [-0.15, -0.1) is 13.2 Å². The topological polar surface area (TPSA) is 84.5 Å². The maximum absolute atomic E-state index is 13.4. The number of sulfonamides is 1. The Morgan fingerprint density at radius 3 is 2.26 bits per heavy atom.